The van der Waals surface area contributed by atoms with Crippen LogP contribution in [0.4, 0.5) is 11.4 Å². The minimum absolute atomic E-state index is 0.0620. The van der Waals surface area contributed by atoms with Gasteiger partial charge in [-0.2, -0.15) is 0 Å². The van der Waals surface area contributed by atoms with E-state index in [0.29, 0.717) is 29.3 Å². The van der Waals surface area contributed by atoms with Crippen molar-refractivity contribution in [2.45, 2.75) is 38.2 Å². The Morgan fingerprint density at radius 1 is 0.939 bits per heavy atom. The third-order valence-corrected chi connectivity index (χ3v) is 6.38. The van der Waals surface area contributed by atoms with Crippen LogP contribution in [0.1, 0.15) is 24.5 Å². The Labute approximate surface area is 194 Å². The average Bonchev–Trinajstić information content (AvgIpc) is 2.79. The van der Waals surface area contributed by atoms with Crippen molar-refractivity contribution in [1.29, 1.82) is 0 Å². The van der Waals surface area contributed by atoms with Crippen LogP contribution in [0.2, 0.25) is 0 Å². The zero-order chi connectivity index (χ0) is 24.0. The molecular formula is C25H28N2O5S. The molecule has 0 spiro atoms. The molecule has 174 valence electrons. The van der Waals surface area contributed by atoms with Gasteiger partial charge >= 0.3 is 0 Å². The monoisotopic (exact) mass is 468 g/mol. The number of benzene rings is 3. The fourth-order valence-corrected chi connectivity index (χ4v) is 4.21. The molecular weight excluding hydrogens is 440 g/mol. The van der Waals surface area contributed by atoms with Gasteiger partial charge < -0.3 is 14.8 Å². The topological polar surface area (TPSA) is 93.7 Å². The fraction of sp³-hybridized carbons (Fsp3) is 0.240. The fourth-order valence-electron chi connectivity index (χ4n) is 3.15. The second-order valence-corrected chi connectivity index (χ2v) is 9.33. The molecule has 0 saturated carbocycles. The van der Waals surface area contributed by atoms with E-state index in [1.54, 1.807) is 24.3 Å². The van der Waals surface area contributed by atoms with Crippen LogP contribution < -0.4 is 19.5 Å². The summed E-state index contributed by atoms with van der Waals surface area (Å²) in [6, 6.07) is 18.7. The van der Waals surface area contributed by atoms with Crippen LogP contribution in [0.3, 0.4) is 0 Å². The van der Waals surface area contributed by atoms with Crippen molar-refractivity contribution in [1.82, 2.24) is 0 Å². The minimum atomic E-state index is -3.84. The highest BCUT2D eigenvalue weighted by Gasteiger charge is 2.20. The molecule has 0 unspecified atom stereocenters. The van der Waals surface area contributed by atoms with Crippen LogP contribution in [0, 0.1) is 13.8 Å². The molecule has 2 N–H and O–H groups in total. The first kappa shape index (κ1) is 24.1. The van der Waals surface area contributed by atoms with E-state index in [1.165, 1.54) is 19.2 Å². The van der Waals surface area contributed by atoms with Gasteiger partial charge in [-0.05, 0) is 74.4 Å². The zero-order valence-corrected chi connectivity index (χ0v) is 19.9. The van der Waals surface area contributed by atoms with Crippen LogP contribution in [0.5, 0.6) is 11.5 Å². The molecule has 3 aromatic rings. The van der Waals surface area contributed by atoms with Crippen LogP contribution in [0.25, 0.3) is 0 Å². The summed E-state index contributed by atoms with van der Waals surface area (Å²) < 4.78 is 39.2. The number of rotatable bonds is 9. The third-order valence-electron chi connectivity index (χ3n) is 4.99. The number of hydrogen-bond acceptors (Lipinski definition) is 5. The summed E-state index contributed by atoms with van der Waals surface area (Å²) in [5.74, 6) is 0.727. The lowest BCUT2D eigenvalue weighted by molar-refractivity contribution is -0.122. The van der Waals surface area contributed by atoms with E-state index < -0.39 is 16.1 Å². The smallest absolute Gasteiger partial charge is 0.265 e. The number of amides is 1. The van der Waals surface area contributed by atoms with Gasteiger partial charge in [-0.25, -0.2) is 8.42 Å². The zero-order valence-electron chi connectivity index (χ0n) is 19.1. The van der Waals surface area contributed by atoms with Crippen molar-refractivity contribution in [3.05, 3.63) is 77.9 Å². The maximum atomic E-state index is 12.8. The highest BCUT2D eigenvalue weighted by Crippen LogP contribution is 2.28. The largest absolute Gasteiger partial charge is 0.495 e. The lowest BCUT2D eigenvalue weighted by atomic mass is 10.2. The lowest BCUT2D eigenvalue weighted by Gasteiger charge is -2.17. The van der Waals surface area contributed by atoms with Gasteiger partial charge in [-0.1, -0.05) is 30.7 Å². The molecule has 3 rings (SSSR count). The van der Waals surface area contributed by atoms with Crippen LogP contribution in [0.15, 0.2) is 71.6 Å². The Bertz CT molecular complexity index is 1210. The molecule has 0 saturated heterocycles. The molecule has 8 heteroatoms. The molecule has 1 atom stereocenters. The van der Waals surface area contributed by atoms with Gasteiger partial charge in [0.25, 0.3) is 15.9 Å². The van der Waals surface area contributed by atoms with Crippen molar-refractivity contribution in [2.75, 3.05) is 17.1 Å². The molecule has 33 heavy (non-hydrogen) atoms. The Morgan fingerprint density at radius 2 is 1.58 bits per heavy atom. The Balaban J connectivity index is 1.69. The summed E-state index contributed by atoms with van der Waals surface area (Å²) in [5, 5.41) is 2.78. The number of carbonyl (C=O) groups excluding carboxylic acids is 1. The second kappa shape index (κ2) is 10.4. The SMILES string of the molecule is CC[C@H](Oc1ccc(C)cc1)C(=O)Nc1ccc(S(=O)(=O)Nc2cc(C)ccc2OC)cc1. The summed E-state index contributed by atoms with van der Waals surface area (Å²) in [6.45, 7) is 5.70. The Morgan fingerprint density at radius 3 is 2.18 bits per heavy atom. The van der Waals surface area contributed by atoms with Crippen molar-refractivity contribution in [3.8, 4) is 11.5 Å². The summed E-state index contributed by atoms with van der Waals surface area (Å²) in [5.41, 5.74) is 2.82. The van der Waals surface area contributed by atoms with E-state index in [0.717, 1.165) is 11.1 Å². The van der Waals surface area contributed by atoms with Gasteiger partial charge in [0.15, 0.2) is 6.10 Å². The molecule has 0 aliphatic rings. The molecule has 0 aliphatic carbocycles. The van der Waals surface area contributed by atoms with Gasteiger partial charge in [0.05, 0.1) is 17.7 Å². The number of anilines is 2. The summed E-state index contributed by atoms with van der Waals surface area (Å²) in [7, 11) is -2.36. The van der Waals surface area contributed by atoms with Crippen LogP contribution >= 0.6 is 0 Å². The molecule has 0 aromatic heterocycles. The van der Waals surface area contributed by atoms with E-state index in [1.807, 2.05) is 51.1 Å². The lowest BCUT2D eigenvalue weighted by Crippen LogP contribution is -2.32. The van der Waals surface area contributed by atoms with Crippen molar-refractivity contribution < 1.29 is 22.7 Å². The molecule has 3 aromatic carbocycles. The quantitative estimate of drug-likeness (QED) is 0.465. The number of aryl methyl sites for hydroxylation is 2. The van der Waals surface area contributed by atoms with Crippen molar-refractivity contribution in [2.24, 2.45) is 0 Å². The molecule has 1 amide bonds. The molecule has 0 radical (unpaired) electrons. The van der Waals surface area contributed by atoms with Gasteiger partial charge in [-0.15, -0.1) is 0 Å². The summed E-state index contributed by atoms with van der Waals surface area (Å²) in [6.07, 6.45) is -0.194. The molecule has 0 aliphatic heterocycles. The number of methoxy groups -OCH3 is 1. The molecule has 0 bridgehead atoms. The normalized spacial score (nSPS) is 12.0. The van der Waals surface area contributed by atoms with Gasteiger partial charge in [0.1, 0.15) is 11.5 Å². The van der Waals surface area contributed by atoms with Crippen molar-refractivity contribution >= 4 is 27.3 Å². The maximum absolute atomic E-state index is 12.8. The Kier molecular flexibility index (Phi) is 7.60. The number of sulfonamides is 1. The van der Waals surface area contributed by atoms with E-state index >= 15 is 0 Å². The predicted molar refractivity (Wildman–Crippen MR) is 129 cm³/mol. The maximum Gasteiger partial charge on any atom is 0.265 e. The first-order chi connectivity index (χ1) is 15.7. The van der Waals surface area contributed by atoms with E-state index in [-0.39, 0.29) is 10.8 Å². The summed E-state index contributed by atoms with van der Waals surface area (Å²) in [4.78, 5) is 12.7. The average molecular weight is 469 g/mol. The van der Waals surface area contributed by atoms with E-state index in [9.17, 15) is 13.2 Å². The van der Waals surface area contributed by atoms with Crippen LogP contribution in [-0.4, -0.2) is 27.5 Å². The number of hydrogen-bond donors (Lipinski definition) is 2. The van der Waals surface area contributed by atoms with Gasteiger partial charge in [-0.3, -0.25) is 9.52 Å². The van der Waals surface area contributed by atoms with Gasteiger partial charge in [0.2, 0.25) is 0 Å². The predicted octanol–water partition coefficient (Wildman–Crippen LogP) is 4.91. The molecule has 0 heterocycles. The van der Waals surface area contributed by atoms with Crippen LogP contribution in [-0.2, 0) is 14.8 Å². The highest BCUT2D eigenvalue weighted by molar-refractivity contribution is 7.92. The molecule has 0 fully saturated rings. The van der Waals surface area contributed by atoms with E-state index in [4.69, 9.17) is 9.47 Å². The Hall–Kier alpha value is -3.52. The third kappa shape index (κ3) is 6.26. The second-order valence-electron chi connectivity index (χ2n) is 7.65. The summed E-state index contributed by atoms with van der Waals surface area (Å²) >= 11 is 0. The van der Waals surface area contributed by atoms with Gasteiger partial charge in [0, 0.05) is 5.69 Å². The first-order valence-corrected chi connectivity index (χ1v) is 12.0. The number of nitrogens with one attached hydrogen (secondary N) is 2. The molecule has 7 nitrogen and oxygen atoms in total. The first-order valence-electron chi connectivity index (χ1n) is 10.5. The van der Waals surface area contributed by atoms with Crippen molar-refractivity contribution in [3.63, 3.8) is 0 Å². The standard InChI is InChI=1S/C25H28N2O5S/c1-5-23(32-20-11-6-17(2)7-12-20)25(28)26-19-9-13-21(14-10-19)33(29,30)27-22-16-18(3)8-15-24(22)31-4/h6-16,23,27H,5H2,1-4H3,(H,26,28)/t23-/m0/s1. The number of carbonyl (C=O) groups is 1. The number of ether oxygens (including phenoxy) is 2. The van der Waals surface area contributed by atoms with E-state index in [2.05, 4.69) is 10.0 Å². The minimum Gasteiger partial charge on any atom is -0.495 e. The highest BCUT2D eigenvalue weighted by atomic mass is 32.2.